The van der Waals surface area contributed by atoms with Crippen molar-refractivity contribution in [2.45, 2.75) is 36.7 Å². The summed E-state index contributed by atoms with van der Waals surface area (Å²) in [6, 6.07) is 10.4. The Morgan fingerprint density at radius 3 is 1.13 bits per heavy atom. The fourth-order valence-corrected chi connectivity index (χ4v) is 7.61. The summed E-state index contributed by atoms with van der Waals surface area (Å²) in [4.78, 5) is 79.0. The number of nitrogens with zero attached hydrogens (tertiary/aromatic N) is 2. The highest BCUT2D eigenvalue weighted by Gasteiger charge is 2.43. The topological polar surface area (TPSA) is 330 Å². The third-order valence-corrected chi connectivity index (χ3v) is 11.7. The van der Waals surface area contributed by atoms with Crippen LogP contribution < -0.4 is 20.1 Å². The van der Waals surface area contributed by atoms with Crippen LogP contribution in [0.25, 0.3) is 0 Å². The van der Waals surface area contributed by atoms with Gasteiger partial charge in [-0.3, -0.25) is 28.9 Å². The number of unbranched alkanes of at least 4 members (excludes halogenated alkanes) is 2. The first kappa shape index (κ1) is 48.4. The Kier molecular flexibility index (Phi) is 25.1. The van der Waals surface area contributed by atoms with Crippen LogP contribution in [0.4, 0.5) is 0 Å². The van der Waals surface area contributed by atoms with Crippen LogP contribution in [0.5, 0.6) is 11.8 Å². The number of pyridine rings is 2. The fourth-order valence-electron chi connectivity index (χ4n) is 3.00. The number of hydrogen-bond acceptors (Lipinski definition) is 10. The number of rotatable bonds is 18. The van der Waals surface area contributed by atoms with E-state index in [1.54, 1.807) is 48.8 Å². The van der Waals surface area contributed by atoms with E-state index in [-0.39, 0.29) is 43.4 Å². The summed E-state index contributed by atoms with van der Waals surface area (Å²) in [5.41, 5.74) is -4.33. The molecule has 12 N–H and O–H groups in total. The van der Waals surface area contributed by atoms with Crippen molar-refractivity contribution in [3.8, 4) is 11.8 Å². The van der Waals surface area contributed by atoms with Gasteiger partial charge in [-0.15, -0.1) is 24.8 Å². The SMILES string of the molecule is Cl.Cl.O.O=P(O)(O)C(NCCCCOc1ccccn1)P(=O)(O)O.O=P(O)(O)C(NCCCCOc1ccccn1)P(=O)(O)O. The predicted molar refractivity (Wildman–Crippen MR) is 168 cm³/mol. The predicted octanol–water partition coefficient (Wildman–Crippen LogP) is 0.957. The third kappa shape index (κ3) is 22.2. The smallest absolute Gasteiger partial charge is 0.354 e. The molecular weight excluding hydrogens is 731 g/mol. The molecule has 2 aromatic rings. The average Bonchev–Trinajstić information content (AvgIpc) is 2.86. The Hall–Kier alpha value is -1.04. The normalized spacial score (nSPS) is 11.8. The summed E-state index contributed by atoms with van der Waals surface area (Å²) in [6.45, 7) is 0.781. The minimum absolute atomic E-state index is 0. The molecule has 0 bridgehead atoms. The van der Waals surface area contributed by atoms with Crippen molar-refractivity contribution in [2.75, 3.05) is 26.3 Å². The second kappa shape index (κ2) is 23.3. The van der Waals surface area contributed by atoms with Gasteiger partial charge in [0.1, 0.15) is 0 Å². The third-order valence-electron chi connectivity index (χ3n) is 4.85. The molecule has 0 aliphatic rings. The maximum Gasteiger partial charge on any atom is 0.354 e. The molecule has 264 valence electrons. The summed E-state index contributed by atoms with van der Waals surface area (Å²) < 4.78 is 54.6. The second-order valence-electron chi connectivity index (χ2n) is 8.46. The van der Waals surface area contributed by atoms with E-state index in [2.05, 4.69) is 20.6 Å². The molecule has 0 spiro atoms. The molecule has 0 unspecified atom stereocenters. The summed E-state index contributed by atoms with van der Waals surface area (Å²) in [5.74, 6) is 0.933. The lowest BCUT2D eigenvalue weighted by Gasteiger charge is -2.20. The standard InChI is InChI=1S/2C10H18N2O7P2.2ClH.H2O/c2*13-20(14,15)10(21(16,17)18)12-7-3-4-8-19-9-5-1-2-6-11-9;;;/h2*1-2,5-6,10,12H,3-4,7-8H2,(H2,13,14,15)(H2,16,17,18);2*1H;1H2. The summed E-state index contributed by atoms with van der Waals surface area (Å²) in [6.07, 6.45) is 5.12. The lowest BCUT2D eigenvalue weighted by atomic mass is 10.3. The zero-order chi connectivity index (χ0) is 31.9. The van der Waals surface area contributed by atoms with Gasteiger partial charge in [-0.1, -0.05) is 12.1 Å². The van der Waals surface area contributed by atoms with Gasteiger partial charge in [-0.05, 0) is 50.9 Å². The second-order valence-corrected chi connectivity index (χ2v) is 16.1. The van der Waals surface area contributed by atoms with E-state index < -0.39 is 41.4 Å². The first-order chi connectivity index (χ1) is 19.4. The zero-order valence-corrected chi connectivity index (χ0v) is 28.7. The highest BCUT2D eigenvalue weighted by Crippen LogP contribution is 2.59. The summed E-state index contributed by atoms with van der Waals surface area (Å²) >= 11 is 0. The van der Waals surface area contributed by atoms with Gasteiger partial charge >= 0.3 is 30.4 Å². The average molecular weight is 771 g/mol. The van der Waals surface area contributed by atoms with Crippen LogP contribution in [-0.2, 0) is 18.3 Å². The molecule has 25 heteroatoms. The van der Waals surface area contributed by atoms with Crippen LogP contribution in [0.15, 0.2) is 48.8 Å². The monoisotopic (exact) mass is 770 g/mol. The Morgan fingerprint density at radius 1 is 0.578 bits per heavy atom. The van der Waals surface area contributed by atoms with Gasteiger partial charge in [0.25, 0.3) is 0 Å². The first-order valence-electron chi connectivity index (χ1n) is 12.2. The first-order valence-corrected chi connectivity index (χ1v) is 18.9. The molecule has 0 saturated carbocycles. The molecule has 0 amide bonds. The lowest BCUT2D eigenvalue weighted by molar-refractivity contribution is 0.292. The van der Waals surface area contributed by atoms with Crippen molar-refractivity contribution < 1.29 is 72.4 Å². The summed E-state index contributed by atoms with van der Waals surface area (Å²) in [5, 5.41) is 4.40. The maximum absolute atomic E-state index is 11.0. The van der Waals surface area contributed by atoms with Gasteiger partial charge in [-0.25, -0.2) is 9.97 Å². The van der Waals surface area contributed by atoms with Crippen molar-refractivity contribution in [1.82, 2.24) is 20.6 Å². The molecule has 0 radical (unpaired) electrons. The molecule has 45 heavy (non-hydrogen) atoms. The molecule has 0 aliphatic heterocycles. The molecule has 19 nitrogen and oxygen atoms in total. The van der Waals surface area contributed by atoms with E-state index in [1.165, 1.54) is 0 Å². The largest absolute Gasteiger partial charge is 0.478 e. The quantitative estimate of drug-likeness (QED) is 0.0745. The van der Waals surface area contributed by atoms with Crippen LogP contribution >= 0.6 is 55.2 Å². The van der Waals surface area contributed by atoms with Crippen LogP contribution in [0.3, 0.4) is 0 Å². The summed E-state index contributed by atoms with van der Waals surface area (Å²) in [7, 11) is -19.7. The maximum atomic E-state index is 11.0. The van der Waals surface area contributed by atoms with Crippen LogP contribution in [0, 0.1) is 0 Å². The van der Waals surface area contributed by atoms with E-state index in [0.29, 0.717) is 50.7 Å². The molecule has 2 rings (SSSR count). The molecule has 0 atom stereocenters. The van der Waals surface area contributed by atoms with E-state index in [9.17, 15) is 18.3 Å². The highest BCUT2D eigenvalue weighted by atomic mass is 35.5. The Bertz CT molecular complexity index is 1100. The van der Waals surface area contributed by atoms with Gasteiger partial charge in [0.15, 0.2) is 0 Å². The van der Waals surface area contributed by atoms with E-state index >= 15 is 0 Å². The molecule has 0 fully saturated rings. The van der Waals surface area contributed by atoms with Crippen molar-refractivity contribution in [1.29, 1.82) is 0 Å². The minimum atomic E-state index is -4.92. The molecular formula is C20H40Cl2N4O15P4. The van der Waals surface area contributed by atoms with Gasteiger partial charge in [0.05, 0.1) is 13.2 Å². The van der Waals surface area contributed by atoms with Crippen LogP contribution in [0.2, 0.25) is 0 Å². The molecule has 0 aromatic carbocycles. The van der Waals surface area contributed by atoms with Gasteiger partial charge in [-0.2, -0.15) is 0 Å². The number of hydrogen-bond donors (Lipinski definition) is 10. The Morgan fingerprint density at radius 2 is 0.889 bits per heavy atom. The van der Waals surface area contributed by atoms with Crippen molar-refractivity contribution in [2.24, 2.45) is 0 Å². The Labute approximate surface area is 271 Å². The molecule has 0 aliphatic carbocycles. The van der Waals surface area contributed by atoms with Crippen LogP contribution in [0.1, 0.15) is 25.7 Å². The molecule has 2 heterocycles. The Balaban J connectivity index is -0.000000735. The number of halogens is 2. The highest BCUT2D eigenvalue weighted by molar-refractivity contribution is 7.71. The van der Waals surface area contributed by atoms with Gasteiger partial charge in [0, 0.05) is 24.5 Å². The minimum Gasteiger partial charge on any atom is -0.478 e. The van der Waals surface area contributed by atoms with E-state index in [1.807, 2.05) is 0 Å². The van der Waals surface area contributed by atoms with Crippen molar-refractivity contribution in [3.63, 3.8) is 0 Å². The molecule has 0 saturated heterocycles. The fraction of sp³-hybridized carbons (Fsp3) is 0.500. The number of nitrogens with one attached hydrogen (secondary N) is 2. The van der Waals surface area contributed by atoms with Crippen molar-refractivity contribution >= 4 is 55.2 Å². The number of ether oxygens (including phenoxy) is 2. The van der Waals surface area contributed by atoms with Gasteiger partial charge in [0.2, 0.25) is 22.8 Å². The molecule has 2 aromatic heterocycles. The lowest BCUT2D eigenvalue weighted by Crippen LogP contribution is -2.30. The van der Waals surface area contributed by atoms with E-state index in [4.69, 9.17) is 48.6 Å². The van der Waals surface area contributed by atoms with Crippen LogP contribution in [-0.4, -0.2) is 91.9 Å². The van der Waals surface area contributed by atoms with E-state index in [0.717, 1.165) is 0 Å². The van der Waals surface area contributed by atoms with Gasteiger partial charge < -0.3 is 54.1 Å². The zero-order valence-electron chi connectivity index (χ0n) is 23.5. The number of aromatic nitrogens is 2. The van der Waals surface area contributed by atoms with Crippen molar-refractivity contribution in [3.05, 3.63) is 48.8 Å².